The summed E-state index contributed by atoms with van der Waals surface area (Å²) in [7, 11) is 1.31. The van der Waals surface area contributed by atoms with E-state index >= 15 is 0 Å². The zero-order valence-electron chi connectivity index (χ0n) is 10.2. The second-order valence-electron chi connectivity index (χ2n) is 3.77. The van der Waals surface area contributed by atoms with Gasteiger partial charge in [0, 0.05) is 4.47 Å². The summed E-state index contributed by atoms with van der Waals surface area (Å²) in [5.74, 6) is 0.391. The van der Waals surface area contributed by atoms with E-state index in [0.717, 1.165) is 4.47 Å². The Morgan fingerprint density at radius 3 is 2.63 bits per heavy atom. The fraction of sp³-hybridized carbons (Fsp3) is 0.0714. The van der Waals surface area contributed by atoms with Crippen molar-refractivity contribution in [2.45, 2.75) is 0 Å². The minimum Gasteiger partial charge on any atom is -0.465 e. The van der Waals surface area contributed by atoms with Crippen molar-refractivity contribution in [1.82, 2.24) is 0 Å². The second-order valence-corrected chi connectivity index (χ2v) is 4.69. The van der Waals surface area contributed by atoms with Crippen molar-refractivity contribution in [3.8, 4) is 11.5 Å². The van der Waals surface area contributed by atoms with Crippen LogP contribution in [0.15, 0.2) is 46.9 Å². The van der Waals surface area contributed by atoms with Gasteiger partial charge in [-0.1, -0.05) is 28.1 Å². The summed E-state index contributed by atoms with van der Waals surface area (Å²) in [6.07, 6.45) is 0. The van der Waals surface area contributed by atoms with E-state index in [-0.39, 0.29) is 0 Å². The van der Waals surface area contributed by atoms with Gasteiger partial charge in [0.05, 0.1) is 12.8 Å². The Balaban J connectivity index is 2.41. The Hall–Kier alpha value is -2.01. The van der Waals surface area contributed by atoms with Gasteiger partial charge in [-0.15, -0.1) is 0 Å². The highest BCUT2D eigenvalue weighted by Crippen LogP contribution is 2.32. The molecule has 2 rings (SSSR count). The third-order valence-electron chi connectivity index (χ3n) is 2.47. The fourth-order valence-corrected chi connectivity index (χ4v) is 1.97. The van der Waals surface area contributed by atoms with Gasteiger partial charge >= 0.3 is 5.97 Å². The maximum atomic E-state index is 11.7. The monoisotopic (exact) mass is 321 g/mol. The lowest BCUT2D eigenvalue weighted by Gasteiger charge is -2.12. The molecule has 0 saturated heterocycles. The predicted molar refractivity (Wildman–Crippen MR) is 76.4 cm³/mol. The van der Waals surface area contributed by atoms with Crippen LogP contribution in [0.25, 0.3) is 0 Å². The highest BCUT2D eigenvalue weighted by Gasteiger charge is 2.16. The molecule has 2 aromatic carbocycles. The molecule has 0 amide bonds. The van der Waals surface area contributed by atoms with E-state index in [2.05, 4.69) is 15.9 Å². The van der Waals surface area contributed by atoms with Gasteiger partial charge in [-0.05, 0) is 30.3 Å². The average Bonchev–Trinajstić information content (AvgIpc) is 2.40. The molecular weight excluding hydrogens is 310 g/mol. The molecule has 19 heavy (non-hydrogen) atoms. The quantitative estimate of drug-likeness (QED) is 0.693. The van der Waals surface area contributed by atoms with E-state index in [0.29, 0.717) is 22.7 Å². The molecule has 0 unspecified atom stereocenters. The number of methoxy groups -OCH3 is 1. The standard InChI is InChI=1S/C14H12BrNO3/c1-18-14(17)11-6-3-7-12(16)13(11)19-10-5-2-4-9(15)8-10/h2-8H,16H2,1H3. The number of para-hydroxylation sites is 1. The Labute approximate surface area is 119 Å². The molecule has 2 N–H and O–H groups in total. The SMILES string of the molecule is COC(=O)c1cccc(N)c1Oc1cccc(Br)c1. The molecule has 98 valence electrons. The minimum absolute atomic E-state index is 0.294. The Bertz CT molecular complexity index is 613. The first-order valence-electron chi connectivity index (χ1n) is 5.52. The number of hydrogen-bond acceptors (Lipinski definition) is 4. The summed E-state index contributed by atoms with van der Waals surface area (Å²) < 4.78 is 11.3. The van der Waals surface area contributed by atoms with Crippen LogP contribution in [0.5, 0.6) is 11.5 Å². The van der Waals surface area contributed by atoms with E-state index < -0.39 is 5.97 Å². The van der Waals surface area contributed by atoms with Crippen molar-refractivity contribution in [2.24, 2.45) is 0 Å². The number of benzene rings is 2. The minimum atomic E-state index is -0.489. The number of anilines is 1. The van der Waals surface area contributed by atoms with E-state index in [1.165, 1.54) is 7.11 Å². The van der Waals surface area contributed by atoms with Crippen molar-refractivity contribution >= 4 is 27.6 Å². The van der Waals surface area contributed by atoms with Crippen LogP contribution in [0.2, 0.25) is 0 Å². The zero-order chi connectivity index (χ0) is 13.8. The molecule has 0 bridgehead atoms. The molecule has 0 heterocycles. The summed E-state index contributed by atoms with van der Waals surface area (Å²) in [5.41, 5.74) is 6.53. The fourth-order valence-electron chi connectivity index (χ4n) is 1.59. The maximum absolute atomic E-state index is 11.7. The molecule has 0 aliphatic heterocycles. The van der Waals surface area contributed by atoms with Crippen LogP contribution in [0.4, 0.5) is 5.69 Å². The summed E-state index contributed by atoms with van der Waals surface area (Å²) in [6, 6.07) is 12.2. The first kappa shape index (κ1) is 13.4. The molecule has 0 atom stereocenters. The van der Waals surface area contributed by atoms with Crippen LogP contribution in [-0.4, -0.2) is 13.1 Å². The first-order chi connectivity index (χ1) is 9.11. The molecule has 0 fully saturated rings. The first-order valence-corrected chi connectivity index (χ1v) is 6.31. The molecule has 0 saturated carbocycles. The highest BCUT2D eigenvalue weighted by molar-refractivity contribution is 9.10. The number of carbonyl (C=O) groups excluding carboxylic acids is 1. The Morgan fingerprint density at radius 1 is 1.21 bits per heavy atom. The van der Waals surface area contributed by atoms with Gasteiger partial charge in [0.2, 0.25) is 0 Å². The summed E-state index contributed by atoms with van der Waals surface area (Å²) in [5, 5.41) is 0. The lowest BCUT2D eigenvalue weighted by molar-refractivity contribution is 0.0598. The molecule has 0 radical (unpaired) electrons. The van der Waals surface area contributed by atoms with E-state index in [1.807, 2.05) is 12.1 Å². The number of halogens is 1. The van der Waals surface area contributed by atoms with E-state index in [9.17, 15) is 4.79 Å². The van der Waals surface area contributed by atoms with Gasteiger partial charge in [0.1, 0.15) is 11.3 Å². The topological polar surface area (TPSA) is 61.5 Å². The van der Waals surface area contributed by atoms with Gasteiger partial charge in [-0.3, -0.25) is 0 Å². The number of nitrogens with two attached hydrogens (primary N) is 1. The number of nitrogen functional groups attached to an aromatic ring is 1. The van der Waals surface area contributed by atoms with Crippen LogP contribution < -0.4 is 10.5 Å². The van der Waals surface area contributed by atoms with Crippen LogP contribution in [0.1, 0.15) is 10.4 Å². The van der Waals surface area contributed by atoms with Crippen LogP contribution in [0.3, 0.4) is 0 Å². The highest BCUT2D eigenvalue weighted by atomic mass is 79.9. The molecular formula is C14H12BrNO3. The van der Waals surface area contributed by atoms with Crippen LogP contribution in [0, 0.1) is 0 Å². The zero-order valence-corrected chi connectivity index (χ0v) is 11.8. The molecule has 5 heteroatoms. The van der Waals surface area contributed by atoms with Crippen molar-refractivity contribution in [2.75, 3.05) is 12.8 Å². The van der Waals surface area contributed by atoms with E-state index in [4.69, 9.17) is 15.2 Å². The van der Waals surface area contributed by atoms with Gasteiger partial charge in [-0.25, -0.2) is 4.79 Å². The van der Waals surface area contributed by atoms with Crippen molar-refractivity contribution in [1.29, 1.82) is 0 Å². The van der Waals surface area contributed by atoms with Gasteiger partial charge in [0.15, 0.2) is 5.75 Å². The van der Waals surface area contributed by atoms with Gasteiger partial charge in [0.25, 0.3) is 0 Å². The van der Waals surface area contributed by atoms with Crippen molar-refractivity contribution < 1.29 is 14.3 Å². The number of ether oxygens (including phenoxy) is 2. The van der Waals surface area contributed by atoms with Crippen molar-refractivity contribution in [3.63, 3.8) is 0 Å². The summed E-state index contributed by atoms with van der Waals surface area (Å²) >= 11 is 3.35. The summed E-state index contributed by atoms with van der Waals surface area (Å²) in [4.78, 5) is 11.7. The number of esters is 1. The lowest BCUT2D eigenvalue weighted by Crippen LogP contribution is -2.05. The molecule has 2 aromatic rings. The number of rotatable bonds is 3. The van der Waals surface area contributed by atoms with E-state index in [1.54, 1.807) is 30.3 Å². The molecule has 0 aliphatic carbocycles. The largest absolute Gasteiger partial charge is 0.465 e. The van der Waals surface area contributed by atoms with Gasteiger partial charge < -0.3 is 15.2 Å². The smallest absolute Gasteiger partial charge is 0.341 e. The molecule has 4 nitrogen and oxygen atoms in total. The Morgan fingerprint density at radius 2 is 1.95 bits per heavy atom. The number of hydrogen-bond donors (Lipinski definition) is 1. The molecule has 0 aromatic heterocycles. The summed E-state index contributed by atoms with van der Waals surface area (Å²) in [6.45, 7) is 0. The third kappa shape index (κ3) is 3.06. The molecule has 0 spiro atoms. The van der Waals surface area contributed by atoms with Crippen LogP contribution >= 0.6 is 15.9 Å². The predicted octanol–water partition coefficient (Wildman–Crippen LogP) is 3.61. The molecule has 0 aliphatic rings. The number of carbonyl (C=O) groups is 1. The lowest BCUT2D eigenvalue weighted by atomic mass is 10.1. The average molecular weight is 322 g/mol. The maximum Gasteiger partial charge on any atom is 0.341 e. The van der Waals surface area contributed by atoms with Crippen molar-refractivity contribution in [3.05, 3.63) is 52.5 Å². The second kappa shape index (κ2) is 5.75. The third-order valence-corrected chi connectivity index (χ3v) is 2.96. The van der Waals surface area contributed by atoms with Gasteiger partial charge in [-0.2, -0.15) is 0 Å². The normalized spacial score (nSPS) is 10.0. The van der Waals surface area contributed by atoms with Crippen LogP contribution in [-0.2, 0) is 4.74 Å². The Kier molecular flexibility index (Phi) is 4.06.